The Morgan fingerprint density at radius 1 is 1.30 bits per heavy atom. The molecule has 1 aliphatic carbocycles. The highest BCUT2D eigenvalue weighted by atomic mass is 14.3. The van der Waals surface area contributed by atoms with Gasteiger partial charge in [0.05, 0.1) is 0 Å². The van der Waals surface area contributed by atoms with Crippen molar-refractivity contribution in [3.63, 3.8) is 0 Å². The van der Waals surface area contributed by atoms with Crippen LogP contribution in [0, 0.1) is 24.2 Å². The lowest BCUT2D eigenvalue weighted by Gasteiger charge is -2.30. The Labute approximate surface area is 64.0 Å². The van der Waals surface area contributed by atoms with E-state index in [1.165, 1.54) is 32.1 Å². The third kappa shape index (κ3) is 1.34. The molecule has 0 bridgehead atoms. The molecule has 0 heterocycles. The molecule has 10 heavy (non-hydrogen) atoms. The molecule has 0 aromatic carbocycles. The Balaban J connectivity index is 2.55. The molecule has 1 radical (unpaired) electrons. The van der Waals surface area contributed by atoms with E-state index in [1.54, 1.807) is 0 Å². The molecule has 0 heteroatoms. The van der Waals surface area contributed by atoms with Crippen molar-refractivity contribution in [1.29, 1.82) is 0 Å². The fourth-order valence-corrected chi connectivity index (χ4v) is 1.70. The molecular weight excluding hydrogens is 120 g/mol. The average Bonchev–Trinajstić information content (AvgIpc) is 2.06. The van der Waals surface area contributed by atoms with E-state index >= 15 is 0 Å². The van der Waals surface area contributed by atoms with Crippen molar-refractivity contribution < 1.29 is 0 Å². The maximum absolute atomic E-state index is 5.47. The Morgan fingerprint density at radius 3 is 2.20 bits per heavy atom. The first-order valence-corrected chi connectivity index (χ1v) is 4.11. The van der Waals surface area contributed by atoms with Gasteiger partial charge >= 0.3 is 0 Å². The van der Waals surface area contributed by atoms with Crippen molar-refractivity contribution in [3.8, 4) is 12.3 Å². The summed E-state index contributed by atoms with van der Waals surface area (Å²) in [5.74, 6) is 2.91. The fraction of sp³-hybridized carbons (Fsp3) is 0.700. The third-order valence-electron chi connectivity index (χ3n) is 2.59. The van der Waals surface area contributed by atoms with Gasteiger partial charge < -0.3 is 0 Å². The first kappa shape index (κ1) is 7.66. The van der Waals surface area contributed by atoms with Gasteiger partial charge in [0.15, 0.2) is 0 Å². The van der Waals surface area contributed by atoms with Gasteiger partial charge in [-0.15, -0.1) is 6.42 Å². The fourth-order valence-electron chi connectivity index (χ4n) is 1.70. The van der Waals surface area contributed by atoms with E-state index in [9.17, 15) is 0 Å². The molecule has 0 amide bonds. The second-order valence-electron chi connectivity index (χ2n) is 3.15. The van der Waals surface area contributed by atoms with Gasteiger partial charge in [-0.1, -0.05) is 32.1 Å². The summed E-state index contributed by atoms with van der Waals surface area (Å²) in [5.41, 5.74) is 0.165. The minimum absolute atomic E-state index is 0.165. The van der Waals surface area contributed by atoms with E-state index in [-0.39, 0.29) is 5.41 Å². The van der Waals surface area contributed by atoms with Crippen LogP contribution in [0.5, 0.6) is 0 Å². The second kappa shape index (κ2) is 3.10. The van der Waals surface area contributed by atoms with Crippen molar-refractivity contribution in [2.45, 2.75) is 39.0 Å². The van der Waals surface area contributed by atoms with Crippen molar-refractivity contribution >= 4 is 0 Å². The van der Waals surface area contributed by atoms with Gasteiger partial charge in [-0.2, -0.15) is 0 Å². The summed E-state index contributed by atoms with van der Waals surface area (Å²) in [6.45, 7) is 2.09. The quantitative estimate of drug-likeness (QED) is 0.485. The van der Waals surface area contributed by atoms with Crippen molar-refractivity contribution in [3.05, 3.63) is 6.42 Å². The van der Waals surface area contributed by atoms with Crippen LogP contribution in [0.4, 0.5) is 0 Å². The maximum atomic E-state index is 5.47. The Hall–Kier alpha value is -0.440. The van der Waals surface area contributed by atoms with Gasteiger partial charge in [0.25, 0.3) is 0 Å². The molecule has 1 aliphatic rings. The zero-order valence-corrected chi connectivity index (χ0v) is 6.69. The monoisotopic (exact) mass is 135 g/mol. The van der Waals surface area contributed by atoms with Crippen LogP contribution < -0.4 is 0 Å². The first-order chi connectivity index (χ1) is 4.83. The molecule has 1 fully saturated rings. The molecule has 0 aromatic rings. The normalized spacial score (nSPS) is 23.6. The molecule has 0 saturated heterocycles. The van der Waals surface area contributed by atoms with Crippen LogP contribution in [-0.2, 0) is 0 Å². The molecule has 0 aliphatic heterocycles. The molecule has 0 nitrogen and oxygen atoms in total. The lowest BCUT2D eigenvalue weighted by molar-refractivity contribution is 0.316. The van der Waals surface area contributed by atoms with Crippen molar-refractivity contribution in [2.75, 3.05) is 0 Å². The maximum Gasteiger partial charge on any atom is 0.0340 e. The summed E-state index contributed by atoms with van der Waals surface area (Å²) < 4.78 is 0. The van der Waals surface area contributed by atoms with E-state index in [4.69, 9.17) is 6.42 Å². The molecule has 0 atom stereocenters. The predicted octanol–water partition coefficient (Wildman–Crippen LogP) is 2.79. The standard InChI is InChI=1S/C10H15/c1-3-10(4-2)8-6-5-7-9-10/h1,4H,5-9H2,2H3. The highest BCUT2D eigenvalue weighted by Gasteiger charge is 2.27. The zero-order chi connectivity index (χ0) is 7.45. The van der Waals surface area contributed by atoms with Gasteiger partial charge in [0.1, 0.15) is 0 Å². The summed E-state index contributed by atoms with van der Waals surface area (Å²) in [6, 6.07) is 0. The third-order valence-corrected chi connectivity index (χ3v) is 2.59. The lowest BCUT2D eigenvalue weighted by Crippen LogP contribution is -2.21. The number of terminal acetylenes is 1. The van der Waals surface area contributed by atoms with Gasteiger partial charge in [-0.05, 0) is 19.3 Å². The molecule has 0 spiro atoms. The highest BCUT2D eigenvalue weighted by Crippen LogP contribution is 2.37. The minimum Gasteiger partial charge on any atom is -0.120 e. The van der Waals surface area contributed by atoms with E-state index in [1.807, 2.05) is 0 Å². The zero-order valence-electron chi connectivity index (χ0n) is 6.69. The largest absolute Gasteiger partial charge is 0.120 e. The Morgan fingerprint density at radius 2 is 1.90 bits per heavy atom. The minimum atomic E-state index is 0.165. The van der Waals surface area contributed by atoms with Crippen LogP contribution in [0.1, 0.15) is 39.0 Å². The average molecular weight is 135 g/mol. The van der Waals surface area contributed by atoms with Gasteiger partial charge in [0.2, 0.25) is 0 Å². The summed E-state index contributed by atoms with van der Waals surface area (Å²) in [5, 5.41) is 0. The summed E-state index contributed by atoms with van der Waals surface area (Å²) in [4.78, 5) is 0. The number of hydrogen-bond acceptors (Lipinski definition) is 0. The van der Waals surface area contributed by atoms with Crippen LogP contribution in [0.2, 0.25) is 0 Å². The van der Waals surface area contributed by atoms with Gasteiger partial charge in [-0.25, -0.2) is 0 Å². The van der Waals surface area contributed by atoms with Crippen LogP contribution in [0.3, 0.4) is 0 Å². The molecule has 0 N–H and O–H groups in total. The molecule has 55 valence electrons. The first-order valence-electron chi connectivity index (χ1n) is 4.11. The van der Waals surface area contributed by atoms with E-state index in [2.05, 4.69) is 19.3 Å². The van der Waals surface area contributed by atoms with Gasteiger partial charge in [-0.3, -0.25) is 0 Å². The summed E-state index contributed by atoms with van der Waals surface area (Å²) in [7, 11) is 0. The topological polar surface area (TPSA) is 0 Å². The predicted molar refractivity (Wildman–Crippen MR) is 44.3 cm³/mol. The molecule has 1 rings (SSSR count). The van der Waals surface area contributed by atoms with Crippen molar-refractivity contribution in [1.82, 2.24) is 0 Å². The van der Waals surface area contributed by atoms with Crippen LogP contribution >= 0.6 is 0 Å². The SMILES string of the molecule is C#CC1([CH]C)CCCCC1. The van der Waals surface area contributed by atoms with Crippen molar-refractivity contribution in [2.24, 2.45) is 5.41 Å². The van der Waals surface area contributed by atoms with E-state index < -0.39 is 0 Å². The second-order valence-corrected chi connectivity index (χ2v) is 3.15. The lowest BCUT2D eigenvalue weighted by atomic mass is 9.73. The van der Waals surface area contributed by atoms with E-state index in [0.29, 0.717) is 0 Å². The number of rotatable bonds is 1. The molecule has 1 saturated carbocycles. The molecular formula is C10H15. The molecule has 0 unspecified atom stereocenters. The summed E-state index contributed by atoms with van der Waals surface area (Å²) in [6.07, 6.45) is 14.1. The summed E-state index contributed by atoms with van der Waals surface area (Å²) >= 11 is 0. The van der Waals surface area contributed by atoms with Crippen LogP contribution in [0.25, 0.3) is 0 Å². The Kier molecular flexibility index (Phi) is 2.38. The smallest absolute Gasteiger partial charge is 0.0340 e. The Bertz CT molecular complexity index is 133. The molecule has 0 aromatic heterocycles. The number of hydrogen-bond donors (Lipinski definition) is 0. The highest BCUT2D eigenvalue weighted by molar-refractivity contribution is 5.12. The van der Waals surface area contributed by atoms with E-state index in [0.717, 1.165) is 0 Å². The van der Waals surface area contributed by atoms with Gasteiger partial charge in [0, 0.05) is 5.41 Å². The van der Waals surface area contributed by atoms with Crippen LogP contribution in [0.15, 0.2) is 0 Å². The van der Waals surface area contributed by atoms with Crippen LogP contribution in [-0.4, -0.2) is 0 Å².